The maximum absolute atomic E-state index is 4.59. The molecule has 5 nitrogen and oxygen atoms in total. The molecule has 5 heteroatoms. The molecule has 1 aliphatic rings. The predicted octanol–water partition coefficient (Wildman–Crippen LogP) is 5.16. The molecule has 5 rings (SSSR count). The number of hydrogen-bond acceptors (Lipinski definition) is 5. The Morgan fingerprint density at radius 2 is 1.56 bits per heavy atom. The van der Waals surface area contributed by atoms with Gasteiger partial charge in [0, 0.05) is 60.7 Å². The van der Waals surface area contributed by atoms with Crippen LogP contribution in [0.4, 0.5) is 17.1 Å². The Hall–Kier alpha value is -3.44. The fraction of sp³-hybridized carbons (Fsp3) is 0.259. The van der Waals surface area contributed by atoms with Crippen molar-refractivity contribution in [1.29, 1.82) is 0 Å². The average Bonchev–Trinajstić information content (AvgIpc) is 2.88. The third-order valence-electron chi connectivity index (χ3n) is 6.41. The Balaban J connectivity index is 1.44. The predicted molar refractivity (Wildman–Crippen MR) is 133 cm³/mol. The topological polar surface area (TPSA) is 44.3 Å². The zero-order valence-corrected chi connectivity index (χ0v) is 18.5. The van der Waals surface area contributed by atoms with Gasteiger partial charge in [-0.2, -0.15) is 0 Å². The molecule has 0 saturated carbocycles. The van der Waals surface area contributed by atoms with E-state index in [4.69, 9.17) is 0 Å². The molecule has 162 valence electrons. The summed E-state index contributed by atoms with van der Waals surface area (Å²) in [6.07, 6.45) is 7.91. The van der Waals surface area contributed by atoms with E-state index in [0.717, 1.165) is 43.7 Å². The molecule has 1 saturated heterocycles. The second kappa shape index (κ2) is 9.37. The third kappa shape index (κ3) is 4.30. The summed E-state index contributed by atoms with van der Waals surface area (Å²) >= 11 is 0. The van der Waals surface area contributed by atoms with Gasteiger partial charge < -0.3 is 15.1 Å². The van der Waals surface area contributed by atoms with E-state index in [1.54, 1.807) is 0 Å². The molecule has 32 heavy (non-hydrogen) atoms. The summed E-state index contributed by atoms with van der Waals surface area (Å²) in [4.78, 5) is 13.5. The number of fused-ring (bicyclic) bond motifs is 1. The van der Waals surface area contributed by atoms with E-state index in [-0.39, 0.29) is 0 Å². The van der Waals surface area contributed by atoms with Gasteiger partial charge in [0.25, 0.3) is 0 Å². The van der Waals surface area contributed by atoms with Crippen molar-refractivity contribution in [3.05, 3.63) is 90.9 Å². The van der Waals surface area contributed by atoms with Gasteiger partial charge in [-0.25, -0.2) is 0 Å². The molecular formula is C27H29N5. The van der Waals surface area contributed by atoms with Crippen molar-refractivity contribution in [2.75, 3.05) is 29.9 Å². The monoisotopic (exact) mass is 423 g/mol. The van der Waals surface area contributed by atoms with Crippen LogP contribution in [0.2, 0.25) is 0 Å². The van der Waals surface area contributed by atoms with Crippen molar-refractivity contribution >= 4 is 28.0 Å². The van der Waals surface area contributed by atoms with Gasteiger partial charge in [0.1, 0.15) is 0 Å². The van der Waals surface area contributed by atoms with Crippen LogP contribution in [0.25, 0.3) is 10.9 Å². The molecular weight excluding hydrogens is 394 g/mol. The Morgan fingerprint density at radius 1 is 0.844 bits per heavy atom. The molecule has 1 fully saturated rings. The van der Waals surface area contributed by atoms with Gasteiger partial charge in [0.2, 0.25) is 0 Å². The number of rotatable bonds is 6. The van der Waals surface area contributed by atoms with E-state index in [0.29, 0.717) is 6.04 Å². The molecule has 1 N–H and O–H groups in total. The number of nitrogens with zero attached hydrogens (tertiary/aromatic N) is 4. The van der Waals surface area contributed by atoms with Crippen LogP contribution in [-0.4, -0.2) is 36.1 Å². The van der Waals surface area contributed by atoms with Gasteiger partial charge in [-0.05, 0) is 67.9 Å². The van der Waals surface area contributed by atoms with Gasteiger partial charge in [0.05, 0.1) is 5.52 Å². The molecule has 2 aromatic heterocycles. The minimum absolute atomic E-state index is 0.515. The van der Waals surface area contributed by atoms with Crippen molar-refractivity contribution in [2.45, 2.75) is 25.4 Å². The Labute approximate surface area is 189 Å². The van der Waals surface area contributed by atoms with Crippen LogP contribution < -0.4 is 15.1 Å². The highest BCUT2D eigenvalue weighted by molar-refractivity contribution is 5.91. The Bertz CT molecular complexity index is 1150. The van der Waals surface area contributed by atoms with E-state index in [2.05, 4.69) is 86.7 Å². The van der Waals surface area contributed by atoms with Gasteiger partial charge in [-0.15, -0.1) is 0 Å². The lowest BCUT2D eigenvalue weighted by atomic mass is 10.0. The van der Waals surface area contributed by atoms with Crippen LogP contribution >= 0.6 is 0 Å². The molecule has 0 bridgehead atoms. The van der Waals surface area contributed by atoms with Crippen molar-refractivity contribution in [3.63, 3.8) is 0 Å². The first kappa shape index (κ1) is 20.5. The molecule has 0 spiro atoms. The molecule has 4 aromatic rings. The van der Waals surface area contributed by atoms with Crippen molar-refractivity contribution in [1.82, 2.24) is 15.3 Å². The van der Waals surface area contributed by atoms with Crippen LogP contribution in [0.5, 0.6) is 0 Å². The van der Waals surface area contributed by atoms with Crippen LogP contribution in [-0.2, 0) is 6.54 Å². The van der Waals surface area contributed by atoms with Gasteiger partial charge in [-0.1, -0.05) is 30.3 Å². The second-order valence-corrected chi connectivity index (χ2v) is 8.39. The smallest absolute Gasteiger partial charge is 0.0722 e. The molecule has 0 amide bonds. The number of piperidine rings is 1. The summed E-state index contributed by atoms with van der Waals surface area (Å²) < 4.78 is 0. The SMILES string of the molecule is CN(c1ccncc1)c1ccc(CN(c2ccnc3ccccc23)C2CCNCC2)cc1. The molecule has 1 aliphatic heterocycles. The van der Waals surface area contributed by atoms with E-state index in [1.807, 2.05) is 30.7 Å². The fourth-order valence-electron chi connectivity index (χ4n) is 4.60. The zero-order valence-electron chi connectivity index (χ0n) is 18.5. The van der Waals surface area contributed by atoms with E-state index in [1.165, 1.54) is 22.3 Å². The quantitative estimate of drug-likeness (QED) is 0.464. The van der Waals surface area contributed by atoms with E-state index >= 15 is 0 Å². The largest absolute Gasteiger partial charge is 0.364 e. The first-order chi connectivity index (χ1) is 15.8. The summed E-state index contributed by atoms with van der Waals surface area (Å²) in [5.74, 6) is 0. The lowest BCUT2D eigenvalue weighted by Gasteiger charge is -2.37. The molecule has 0 radical (unpaired) electrons. The summed E-state index contributed by atoms with van der Waals surface area (Å²) in [7, 11) is 2.09. The number of anilines is 3. The maximum atomic E-state index is 4.59. The first-order valence-corrected chi connectivity index (χ1v) is 11.3. The molecule has 2 aromatic carbocycles. The number of pyridine rings is 2. The Kier molecular flexibility index (Phi) is 5.99. The summed E-state index contributed by atoms with van der Waals surface area (Å²) in [6, 6.07) is 24.1. The van der Waals surface area contributed by atoms with Crippen LogP contribution in [0.15, 0.2) is 85.3 Å². The highest BCUT2D eigenvalue weighted by atomic mass is 15.2. The lowest BCUT2D eigenvalue weighted by molar-refractivity contribution is 0.429. The molecule has 0 atom stereocenters. The summed E-state index contributed by atoms with van der Waals surface area (Å²) in [5, 5.41) is 4.73. The highest BCUT2D eigenvalue weighted by Gasteiger charge is 2.23. The van der Waals surface area contributed by atoms with E-state index < -0.39 is 0 Å². The average molecular weight is 424 g/mol. The second-order valence-electron chi connectivity index (χ2n) is 8.39. The Morgan fingerprint density at radius 3 is 2.34 bits per heavy atom. The zero-order chi connectivity index (χ0) is 21.8. The number of hydrogen-bond donors (Lipinski definition) is 1. The summed E-state index contributed by atoms with van der Waals surface area (Å²) in [5.41, 5.74) is 5.95. The van der Waals surface area contributed by atoms with Crippen LogP contribution in [0, 0.1) is 0 Å². The maximum Gasteiger partial charge on any atom is 0.0722 e. The molecule has 0 aliphatic carbocycles. The third-order valence-corrected chi connectivity index (χ3v) is 6.41. The first-order valence-electron chi connectivity index (χ1n) is 11.3. The van der Waals surface area contributed by atoms with Crippen molar-refractivity contribution in [2.24, 2.45) is 0 Å². The number of aromatic nitrogens is 2. The molecule has 3 heterocycles. The van der Waals surface area contributed by atoms with Gasteiger partial charge in [-0.3, -0.25) is 9.97 Å². The normalized spacial score (nSPS) is 14.4. The fourth-order valence-corrected chi connectivity index (χ4v) is 4.60. The number of para-hydroxylation sites is 1. The highest BCUT2D eigenvalue weighted by Crippen LogP contribution is 2.31. The van der Waals surface area contributed by atoms with E-state index in [9.17, 15) is 0 Å². The van der Waals surface area contributed by atoms with Crippen LogP contribution in [0.3, 0.4) is 0 Å². The lowest BCUT2D eigenvalue weighted by Crippen LogP contribution is -2.43. The van der Waals surface area contributed by atoms with Gasteiger partial charge >= 0.3 is 0 Å². The number of nitrogens with one attached hydrogen (secondary N) is 1. The van der Waals surface area contributed by atoms with Crippen LogP contribution in [0.1, 0.15) is 18.4 Å². The van der Waals surface area contributed by atoms with Crippen molar-refractivity contribution in [3.8, 4) is 0 Å². The standard InChI is InChI=1S/C27H29N5/c1-31(23-10-15-28-16-11-23)22-8-6-21(7-9-22)20-32(24-12-17-29-18-13-24)27-14-19-30-26-5-3-2-4-25(26)27/h2-11,14-16,19,24,29H,12-13,17-18,20H2,1H3. The van der Waals surface area contributed by atoms with Crippen molar-refractivity contribution < 1.29 is 0 Å². The minimum Gasteiger partial charge on any atom is -0.364 e. The number of benzene rings is 2. The molecule has 0 unspecified atom stereocenters. The minimum atomic E-state index is 0.515. The van der Waals surface area contributed by atoms with Gasteiger partial charge in [0.15, 0.2) is 0 Å². The summed E-state index contributed by atoms with van der Waals surface area (Å²) in [6.45, 7) is 3.03.